The van der Waals surface area contributed by atoms with E-state index in [-0.39, 0.29) is 0 Å². The number of rotatable bonds is 2. The molecule has 1 aromatic rings. The molecule has 1 unspecified atom stereocenters. The van der Waals surface area contributed by atoms with Crippen molar-refractivity contribution in [2.75, 3.05) is 13.2 Å². The molecule has 2 aliphatic heterocycles. The molecule has 2 aliphatic rings. The number of hydrogen-bond acceptors (Lipinski definition) is 3. The highest BCUT2D eigenvalue weighted by Gasteiger charge is 2.20. The molecule has 17 heavy (non-hydrogen) atoms. The summed E-state index contributed by atoms with van der Waals surface area (Å²) in [5.41, 5.74) is 7.22. The summed E-state index contributed by atoms with van der Waals surface area (Å²) >= 11 is 0. The third-order valence-electron chi connectivity index (χ3n) is 3.93. The molecule has 4 heteroatoms. The maximum atomic E-state index is 5.97. The molecule has 94 valence electrons. The standard InChI is InChI=1S/C13H21N3O/c14-11-1-4-16-9-12(15-13(16)8-11)7-10-2-5-17-6-3-10/h9-11H,1-8,14H2. The third-order valence-corrected chi connectivity index (χ3v) is 3.93. The van der Waals surface area contributed by atoms with Crippen LogP contribution in [0.1, 0.15) is 30.8 Å². The summed E-state index contributed by atoms with van der Waals surface area (Å²) in [4.78, 5) is 4.74. The van der Waals surface area contributed by atoms with Crippen LogP contribution in [0, 0.1) is 5.92 Å². The minimum atomic E-state index is 0.306. The van der Waals surface area contributed by atoms with Crippen molar-refractivity contribution < 1.29 is 4.74 Å². The van der Waals surface area contributed by atoms with Gasteiger partial charge in [0.15, 0.2) is 0 Å². The summed E-state index contributed by atoms with van der Waals surface area (Å²) in [5, 5.41) is 0. The van der Waals surface area contributed by atoms with E-state index in [2.05, 4.69) is 10.8 Å². The van der Waals surface area contributed by atoms with E-state index in [1.807, 2.05) is 0 Å². The van der Waals surface area contributed by atoms with Crippen molar-refractivity contribution >= 4 is 0 Å². The summed E-state index contributed by atoms with van der Waals surface area (Å²) in [6.45, 7) is 2.88. The number of nitrogens with zero attached hydrogens (tertiary/aromatic N) is 2. The third kappa shape index (κ3) is 2.53. The lowest BCUT2D eigenvalue weighted by Crippen LogP contribution is -2.30. The van der Waals surface area contributed by atoms with Crippen LogP contribution in [0.25, 0.3) is 0 Å². The van der Waals surface area contributed by atoms with Crippen LogP contribution >= 0.6 is 0 Å². The van der Waals surface area contributed by atoms with E-state index in [4.69, 9.17) is 15.5 Å². The van der Waals surface area contributed by atoms with Gasteiger partial charge in [0, 0.05) is 38.4 Å². The van der Waals surface area contributed by atoms with Gasteiger partial charge in [-0.3, -0.25) is 0 Å². The van der Waals surface area contributed by atoms with Crippen LogP contribution < -0.4 is 5.73 Å². The average molecular weight is 235 g/mol. The second-order valence-electron chi connectivity index (χ2n) is 5.35. The highest BCUT2D eigenvalue weighted by molar-refractivity contribution is 5.08. The lowest BCUT2D eigenvalue weighted by Gasteiger charge is -2.20. The van der Waals surface area contributed by atoms with Gasteiger partial charge in [-0.15, -0.1) is 0 Å². The highest BCUT2D eigenvalue weighted by Crippen LogP contribution is 2.21. The fraction of sp³-hybridized carbons (Fsp3) is 0.769. The molecule has 0 spiro atoms. The number of ether oxygens (including phenoxy) is 1. The number of aryl methyl sites for hydroxylation is 1. The van der Waals surface area contributed by atoms with E-state index in [1.165, 1.54) is 24.4 Å². The van der Waals surface area contributed by atoms with Gasteiger partial charge in [-0.05, 0) is 31.6 Å². The van der Waals surface area contributed by atoms with Gasteiger partial charge in [-0.1, -0.05) is 0 Å². The van der Waals surface area contributed by atoms with Crippen molar-refractivity contribution in [3.05, 3.63) is 17.7 Å². The molecule has 0 radical (unpaired) electrons. The summed E-state index contributed by atoms with van der Waals surface area (Å²) in [7, 11) is 0. The molecule has 0 aliphatic carbocycles. The van der Waals surface area contributed by atoms with E-state index >= 15 is 0 Å². The Morgan fingerprint density at radius 2 is 2.18 bits per heavy atom. The summed E-state index contributed by atoms with van der Waals surface area (Å²) in [6, 6.07) is 0.306. The zero-order valence-electron chi connectivity index (χ0n) is 10.3. The molecule has 0 aromatic carbocycles. The van der Waals surface area contributed by atoms with E-state index in [0.717, 1.165) is 44.9 Å². The van der Waals surface area contributed by atoms with E-state index in [9.17, 15) is 0 Å². The molecular weight excluding hydrogens is 214 g/mol. The van der Waals surface area contributed by atoms with E-state index in [1.54, 1.807) is 0 Å². The van der Waals surface area contributed by atoms with Crippen molar-refractivity contribution in [1.29, 1.82) is 0 Å². The summed E-state index contributed by atoms with van der Waals surface area (Å²) in [6.07, 6.45) is 7.73. The Labute approximate surface area is 102 Å². The Morgan fingerprint density at radius 1 is 1.35 bits per heavy atom. The van der Waals surface area contributed by atoms with Crippen molar-refractivity contribution in [3.8, 4) is 0 Å². The number of fused-ring (bicyclic) bond motifs is 1. The molecule has 1 fully saturated rings. The van der Waals surface area contributed by atoms with Crippen LogP contribution in [-0.4, -0.2) is 28.8 Å². The number of hydrogen-bond donors (Lipinski definition) is 1. The Bertz CT molecular complexity index is 382. The molecule has 3 rings (SSSR count). The molecule has 1 aromatic heterocycles. The van der Waals surface area contributed by atoms with Crippen LogP contribution in [-0.2, 0) is 24.1 Å². The minimum Gasteiger partial charge on any atom is -0.381 e. The molecule has 0 bridgehead atoms. The Morgan fingerprint density at radius 3 is 3.00 bits per heavy atom. The van der Waals surface area contributed by atoms with E-state index < -0.39 is 0 Å². The second kappa shape index (κ2) is 4.78. The average Bonchev–Trinajstić information content (AvgIpc) is 2.71. The molecule has 1 saturated heterocycles. The van der Waals surface area contributed by atoms with Crippen LogP contribution in [0.15, 0.2) is 6.20 Å². The zero-order chi connectivity index (χ0) is 11.7. The lowest BCUT2D eigenvalue weighted by atomic mass is 9.95. The first-order valence-corrected chi connectivity index (χ1v) is 6.69. The Balaban J connectivity index is 1.67. The molecule has 3 heterocycles. The van der Waals surface area contributed by atoms with Crippen molar-refractivity contribution in [3.63, 3.8) is 0 Å². The summed E-state index contributed by atoms with van der Waals surface area (Å²) in [5.74, 6) is 1.94. The quantitative estimate of drug-likeness (QED) is 0.836. The monoisotopic (exact) mass is 235 g/mol. The molecule has 1 atom stereocenters. The lowest BCUT2D eigenvalue weighted by molar-refractivity contribution is 0.0663. The number of nitrogens with two attached hydrogens (primary N) is 1. The van der Waals surface area contributed by atoms with Gasteiger partial charge in [0.1, 0.15) is 5.82 Å². The predicted molar refractivity (Wildman–Crippen MR) is 65.8 cm³/mol. The van der Waals surface area contributed by atoms with Gasteiger partial charge in [0.05, 0.1) is 5.69 Å². The Hall–Kier alpha value is -0.870. The minimum absolute atomic E-state index is 0.306. The zero-order valence-corrected chi connectivity index (χ0v) is 10.3. The second-order valence-corrected chi connectivity index (χ2v) is 5.35. The smallest absolute Gasteiger partial charge is 0.110 e. The van der Waals surface area contributed by atoms with Crippen LogP contribution in [0.2, 0.25) is 0 Å². The van der Waals surface area contributed by atoms with Crippen molar-refractivity contribution in [2.45, 2.75) is 44.7 Å². The molecule has 0 amide bonds. The predicted octanol–water partition coefficient (Wildman–Crippen LogP) is 1.13. The molecule has 2 N–H and O–H groups in total. The number of aromatic nitrogens is 2. The first kappa shape index (κ1) is 11.2. The van der Waals surface area contributed by atoms with Gasteiger partial charge in [-0.2, -0.15) is 0 Å². The van der Waals surface area contributed by atoms with Gasteiger partial charge in [0.2, 0.25) is 0 Å². The maximum absolute atomic E-state index is 5.97. The molecular formula is C13H21N3O. The fourth-order valence-corrected chi connectivity index (χ4v) is 2.86. The maximum Gasteiger partial charge on any atom is 0.110 e. The number of imidazole rings is 1. The Kier molecular flexibility index (Phi) is 3.16. The van der Waals surface area contributed by atoms with Crippen molar-refractivity contribution in [2.24, 2.45) is 11.7 Å². The molecule has 4 nitrogen and oxygen atoms in total. The molecule has 0 saturated carbocycles. The topological polar surface area (TPSA) is 53.1 Å². The van der Waals surface area contributed by atoms with Crippen LogP contribution in [0.4, 0.5) is 0 Å². The van der Waals surface area contributed by atoms with Gasteiger partial charge in [-0.25, -0.2) is 4.98 Å². The first-order chi connectivity index (χ1) is 8.31. The van der Waals surface area contributed by atoms with Crippen LogP contribution in [0.3, 0.4) is 0 Å². The highest BCUT2D eigenvalue weighted by atomic mass is 16.5. The fourth-order valence-electron chi connectivity index (χ4n) is 2.86. The van der Waals surface area contributed by atoms with Gasteiger partial charge in [0.25, 0.3) is 0 Å². The summed E-state index contributed by atoms with van der Waals surface area (Å²) < 4.78 is 7.68. The largest absolute Gasteiger partial charge is 0.381 e. The SMILES string of the molecule is NC1CCn2cc(CC3CCOCC3)nc2C1. The first-order valence-electron chi connectivity index (χ1n) is 6.69. The van der Waals surface area contributed by atoms with Gasteiger partial charge < -0.3 is 15.0 Å². The van der Waals surface area contributed by atoms with Crippen LogP contribution in [0.5, 0.6) is 0 Å². The normalized spacial score (nSPS) is 25.8. The van der Waals surface area contributed by atoms with E-state index in [0.29, 0.717) is 6.04 Å². The van der Waals surface area contributed by atoms with Gasteiger partial charge >= 0.3 is 0 Å². The van der Waals surface area contributed by atoms with Crippen molar-refractivity contribution in [1.82, 2.24) is 9.55 Å².